The highest BCUT2D eigenvalue weighted by Gasteiger charge is 2.14. The predicted octanol–water partition coefficient (Wildman–Crippen LogP) is 4.02. The van der Waals surface area contributed by atoms with Crippen LogP contribution in [0.3, 0.4) is 0 Å². The Morgan fingerprint density at radius 1 is 1.15 bits per heavy atom. The van der Waals surface area contributed by atoms with E-state index in [0.717, 1.165) is 16.8 Å². The summed E-state index contributed by atoms with van der Waals surface area (Å²) in [6.07, 6.45) is 0. The highest BCUT2D eigenvalue weighted by atomic mass is 32.1. The topological polar surface area (TPSA) is 84.0 Å². The zero-order valence-corrected chi connectivity index (χ0v) is 16.2. The number of anilines is 1. The molecule has 0 aliphatic rings. The van der Waals surface area contributed by atoms with Gasteiger partial charge in [-0.15, -0.1) is 22.7 Å². The first-order valence-electron chi connectivity index (χ1n) is 7.98. The van der Waals surface area contributed by atoms with E-state index < -0.39 is 0 Å². The third-order valence-corrected chi connectivity index (χ3v) is 5.49. The molecule has 1 aromatic carbocycles. The van der Waals surface area contributed by atoms with Crippen LogP contribution in [0.2, 0.25) is 0 Å². The van der Waals surface area contributed by atoms with Crippen molar-refractivity contribution in [2.24, 2.45) is 0 Å². The SMILES string of the molecule is CC(=O)NC(C)c1ccc(-c2csc(NC(=O)c3scnc3C)n2)cc1. The van der Waals surface area contributed by atoms with Crippen LogP contribution in [0.5, 0.6) is 0 Å². The average molecular weight is 387 g/mol. The molecule has 2 heterocycles. The van der Waals surface area contributed by atoms with Crippen molar-refractivity contribution < 1.29 is 9.59 Å². The van der Waals surface area contributed by atoms with Crippen LogP contribution in [0, 0.1) is 6.92 Å². The van der Waals surface area contributed by atoms with Crippen LogP contribution in [0.4, 0.5) is 5.13 Å². The predicted molar refractivity (Wildman–Crippen MR) is 105 cm³/mol. The Balaban J connectivity index is 1.70. The number of aromatic nitrogens is 2. The first-order valence-corrected chi connectivity index (χ1v) is 9.74. The zero-order valence-electron chi connectivity index (χ0n) is 14.6. The summed E-state index contributed by atoms with van der Waals surface area (Å²) in [4.78, 5) is 32.6. The van der Waals surface area contributed by atoms with Gasteiger partial charge in [-0.25, -0.2) is 9.97 Å². The van der Waals surface area contributed by atoms with Crippen molar-refractivity contribution in [2.45, 2.75) is 26.8 Å². The summed E-state index contributed by atoms with van der Waals surface area (Å²) in [5, 5.41) is 8.13. The van der Waals surface area contributed by atoms with E-state index in [9.17, 15) is 9.59 Å². The third kappa shape index (κ3) is 4.14. The van der Waals surface area contributed by atoms with Gasteiger partial charge in [0.1, 0.15) is 4.88 Å². The lowest BCUT2D eigenvalue weighted by Crippen LogP contribution is -2.23. The van der Waals surface area contributed by atoms with Crippen molar-refractivity contribution in [1.82, 2.24) is 15.3 Å². The summed E-state index contributed by atoms with van der Waals surface area (Å²) < 4.78 is 0. The van der Waals surface area contributed by atoms with Gasteiger partial charge < -0.3 is 5.32 Å². The van der Waals surface area contributed by atoms with Gasteiger partial charge in [-0.1, -0.05) is 24.3 Å². The van der Waals surface area contributed by atoms with Crippen LogP contribution in [0.15, 0.2) is 35.2 Å². The number of amides is 2. The molecule has 0 saturated carbocycles. The standard InChI is InChI=1S/C18H18N4O2S2/c1-10(20-12(3)23)13-4-6-14(7-5-13)15-8-25-18(21-15)22-17(24)16-11(2)19-9-26-16/h4-10H,1-3H3,(H,20,23)(H,21,22,24). The molecule has 8 heteroatoms. The molecule has 0 saturated heterocycles. The Hall–Kier alpha value is -2.58. The molecule has 0 spiro atoms. The molecule has 2 amide bonds. The van der Waals surface area contributed by atoms with E-state index in [-0.39, 0.29) is 17.9 Å². The minimum absolute atomic E-state index is 0.0468. The van der Waals surface area contributed by atoms with Gasteiger partial charge in [-0.3, -0.25) is 14.9 Å². The van der Waals surface area contributed by atoms with Crippen molar-refractivity contribution in [3.05, 3.63) is 51.3 Å². The number of thiazole rings is 2. The quantitative estimate of drug-likeness (QED) is 0.693. The monoisotopic (exact) mass is 386 g/mol. The molecule has 1 atom stereocenters. The number of nitrogens with one attached hydrogen (secondary N) is 2. The Morgan fingerprint density at radius 2 is 1.88 bits per heavy atom. The maximum Gasteiger partial charge on any atom is 0.269 e. The van der Waals surface area contributed by atoms with E-state index in [4.69, 9.17) is 0 Å². The molecule has 1 unspecified atom stereocenters. The molecule has 0 aliphatic heterocycles. The van der Waals surface area contributed by atoms with Crippen molar-refractivity contribution in [2.75, 3.05) is 5.32 Å². The Labute approximate surface area is 159 Å². The number of rotatable bonds is 5. The van der Waals surface area contributed by atoms with E-state index in [1.165, 1.54) is 29.6 Å². The number of hydrogen-bond acceptors (Lipinski definition) is 6. The maximum atomic E-state index is 12.2. The number of benzene rings is 1. The van der Waals surface area contributed by atoms with Crippen molar-refractivity contribution >= 4 is 39.6 Å². The van der Waals surface area contributed by atoms with Gasteiger partial charge in [0.2, 0.25) is 5.91 Å². The van der Waals surface area contributed by atoms with Crippen LogP contribution in [0.25, 0.3) is 11.3 Å². The van der Waals surface area contributed by atoms with E-state index in [0.29, 0.717) is 15.7 Å². The summed E-state index contributed by atoms with van der Waals surface area (Å²) in [7, 11) is 0. The lowest BCUT2D eigenvalue weighted by Gasteiger charge is -2.12. The van der Waals surface area contributed by atoms with Gasteiger partial charge in [0.15, 0.2) is 5.13 Å². The van der Waals surface area contributed by atoms with Crippen LogP contribution < -0.4 is 10.6 Å². The Morgan fingerprint density at radius 3 is 2.50 bits per heavy atom. The summed E-state index contributed by atoms with van der Waals surface area (Å²) in [6, 6.07) is 7.81. The van der Waals surface area contributed by atoms with Crippen molar-refractivity contribution in [1.29, 1.82) is 0 Å². The van der Waals surface area contributed by atoms with E-state index in [1.54, 1.807) is 5.51 Å². The van der Waals surface area contributed by atoms with Crippen LogP contribution >= 0.6 is 22.7 Å². The second-order valence-corrected chi connectivity index (χ2v) is 7.52. The maximum absolute atomic E-state index is 12.2. The largest absolute Gasteiger partial charge is 0.350 e. The van der Waals surface area contributed by atoms with Gasteiger partial charge in [-0.2, -0.15) is 0 Å². The summed E-state index contributed by atoms with van der Waals surface area (Å²) >= 11 is 2.69. The fourth-order valence-electron chi connectivity index (χ4n) is 2.47. The zero-order chi connectivity index (χ0) is 18.7. The molecule has 2 N–H and O–H groups in total. The van der Waals surface area contributed by atoms with Gasteiger partial charge in [0.25, 0.3) is 5.91 Å². The van der Waals surface area contributed by atoms with Crippen LogP contribution in [-0.4, -0.2) is 21.8 Å². The van der Waals surface area contributed by atoms with Gasteiger partial charge in [0, 0.05) is 17.9 Å². The van der Waals surface area contributed by atoms with E-state index in [2.05, 4.69) is 20.6 Å². The Kier molecular flexibility index (Phi) is 5.43. The molecule has 3 aromatic rings. The highest BCUT2D eigenvalue weighted by molar-refractivity contribution is 7.14. The first kappa shape index (κ1) is 18.2. The van der Waals surface area contributed by atoms with Crippen molar-refractivity contribution in [3.63, 3.8) is 0 Å². The highest BCUT2D eigenvalue weighted by Crippen LogP contribution is 2.27. The second kappa shape index (κ2) is 7.76. The van der Waals surface area contributed by atoms with Gasteiger partial charge in [0.05, 0.1) is 22.9 Å². The molecule has 26 heavy (non-hydrogen) atoms. The van der Waals surface area contributed by atoms with E-state index in [1.807, 2.05) is 43.5 Å². The molecule has 2 aromatic heterocycles. The lowest BCUT2D eigenvalue weighted by molar-refractivity contribution is -0.119. The fourth-order valence-corrected chi connectivity index (χ4v) is 3.88. The molecule has 0 aliphatic carbocycles. The summed E-state index contributed by atoms with van der Waals surface area (Å²) in [5.41, 5.74) is 5.14. The normalized spacial score (nSPS) is 11.8. The number of hydrogen-bond donors (Lipinski definition) is 2. The first-order chi connectivity index (χ1) is 12.4. The molecular formula is C18H18N4O2S2. The number of carbonyl (C=O) groups excluding carboxylic acids is 2. The molecule has 0 radical (unpaired) electrons. The van der Waals surface area contributed by atoms with Gasteiger partial charge >= 0.3 is 0 Å². The number of aryl methyl sites for hydroxylation is 1. The molecule has 3 rings (SSSR count). The van der Waals surface area contributed by atoms with Gasteiger partial charge in [-0.05, 0) is 19.4 Å². The molecule has 134 valence electrons. The van der Waals surface area contributed by atoms with E-state index >= 15 is 0 Å². The Bertz CT molecular complexity index is 931. The summed E-state index contributed by atoms with van der Waals surface area (Å²) in [5.74, 6) is -0.247. The minimum Gasteiger partial charge on any atom is -0.350 e. The fraction of sp³-hybridized carbons (Fsp3) is 0.222. The molecule has 0 bridgehead atoms. The smallest absolute Gasteiger partial charge is 0.269 e. The van der Waals surface area contributed by atoms with Crippen molar-refractivity contribution in [3.8, 4) is 11.3 Å². The average Bonchev–Trinajstić information content (AvgIpc) is 3.23. The molecule has 0 fully saturated rings. The summed E-state index contributed by atoms with van der Waals surface area (Å²) in [6.45, 7) is 5.25. The third-order valence-electron chi connectivity index (χ3n) is 3.80. The number of nitrogens with zero attached hydrogens (tertiary/aromatic N) is 2. The second-order valence-electron chi connectivity index (χ2n) is 5.80. The molecular weight excluding hydrogens is 368 g/mol. The minimum atomic E-state index is -0.189. The molecule has 6 nitrogen and oxygen atoms in total. The van der Waals surface area contributed by atoms with Crippen LogP contribution in [0.1, 0.15) is 40.8 Å². The van der Waals surface area contributed by atoms with Crippen LogP contribution in [-0.2, 0) is 4.79 Å². The lowest BCUT2D eigenvalue weighted by atomic mass is 10.1. The number of carbonyl (C=O) groups is 2.